The summed E-state index contributed by atoms with van der Waals surface area (Å²) in [6, 6.07) is 5.14. The van der Waals surface area contributed by atoms with E-state index in [1.165, 1.54) is 30.7 Å². The monoisotopic (exact) mass is 411 g/mol. The van der Waals surface area contributed by atoms with Gasteiger partial charge in [0.1, 0.15) is 17.5 Å². The first-order chi connectivity index (χ1) is 14.5. The van der Waals surface area contributed by atoms with E-state index in [2.05, 4.69) is 30.7 Å². The van der Waals surface area contributed by atoms with E-state index in [9.17, 15) is 8.78 Å². The highest BCUT2D eigenvalue weighted by molar-refractivity contribution is 5.51. The van der Waals surface area contributed by atoms with Crippen LogP contribution in [0.3, 0.4) is 0 Å². The maximum atomic E-state index is 14.1. The average Bonchev–Trinajstić information content (AvgIpc) is 3.60. The lowest BCUT2D eigenvalue weighted by atomic mass is 10.1. The van der Waals surface area contributed by atoms with E-state index in [0.717, 1.165) is 18.9 Å². The number of hydrogen-bond acceptors (Lipinski definition) is 6. The van der Waals surface area contributed by atoms with Crippen LogP contribution in [0.4, 0.5) is 26.5 Å². The maximum Gasteiger partial charge on any atom is 0.233 e. The Morgan fingerprint density at radius 3 is 2.43 bits per heavy atom. The van der Waals surface area contributed by atoms with E-state index in [1.807, 2.05) is 17.8 Å². The Kier molecular flexibility index (Phi) is 4.60. The highest BCUT2D eigenvalue weighted by Gasteiger charge is 2.29. The number of benzene rings is 1. The SMILES string of the molecule is CC(Nc1nc(Nc2cc(C3CC3)n(C)n2)nc(C2CC2)n1)c1ccc(F)cc1F. The number of halogens is 2. The zero-order chi connectivity index (χ0) is 20.8. The normalized spacial score (nSPS) is 17.1. The van der Waals surface area contributed by atoms with Gasteiger partial charge in [-0.3, -0.25) is 4.68 Å². The minimum Gasteiger partial charge on any atom is -0.347 e. The first kappa shape index (κ1) is 18.9. The molecule has 7 nitrogen and oxygen atoms in total. The minimum atomic E-state index is -0.606. The van der Waals surface area contributed by atoms with Gasteiger partial charge < -0.3 is 10.6 Å². The van der Waals surface area contributed by atoms with Crippen LogP contribution in [0.5, 0.6) is 0 Å². The van der Waals surface area contributed by atoms with Crippen molar-refractivity contribution in [1.82, 2.24) is 24.7 Å². The third kappa shape index (κ3) is 3.96. The second-order valence-electron chi connectivity index (χ2n) is 8.12. The lowest BCUT2D eigenvalue weighted by molar-refractivity contribution is 0.566. The van der Waals surface area contributed by atoms with Gasteiger partial charge in [0.15, 0.2) is 5.82 Å². The van der Waals surface area contributed by atoms with Crippen molar-refractivity contribution in [3.8, 4) is 0 Å². The van der Waals surface area contributed by atoms with Crippen LogP contribution < -0.4 is 10.6 Å². The first-order valence-electron chi connectivity index (χ1n) is 10.2. The van der Waals surface area contributed by atoms with Crippen LogP contribution in [0.1, 0.15) is 67.6 Å². The summed E-state index contributed by atoms with van der Waals surface area (Å²) in [5, 5.41) is 10.8. The number of aryl methyl sites for hydroxylation is 1. The number of nitrogens with one attached hydrogen (secondary N) is 2. The number of aromatic nitrogens is 5. The zero-order valence-electron chi connectivity index (χ0n) is 16.9. The summed E-state index contributed by atoms with van der Waals surface area (Å²) in [7, 11) is 1.94. The third-order valence-electron chi connectivity index (χ3n) is 5.52. The summed E-state index contributed by atoms with van der Waals surface area (Å²) in [6.07, 6.45) is 4.48. The van der Waals surface area contributed by atoms with Crippen molar-refractivity contribution in [3.63, 3.8) is 0 Å². The number of anilines is 3. The number of hydrogen-bond donors (Lipinski definition) is 2. The van der Waals surface area contributed by atoms with E-state index in [4.69, 9.17) is 0 Å². The topological polar surface area (TPSA) is 80.5 Å². The Balaban J connectivity index is 1.39. The predicted molar refractivity (Wildman–Crippen MR) is 109 cm³/mol. The van der Waals surface area contributed by atoms with Gasteiger partial charge in [-0.25, -0.2) is 8.78 Å². The van der Waals surface area contributed by atoms with Crippen LogP contribution in [0.2, 0.25) is 0 Å². The smallest absolute Gasteiger partial charge is 0.233 e. The number of nitrogens with zero attached hydrogens (tertiary/aromatic N) is 5. The molecule has 2 aliphatic rings. The fourth-order valence-corrected chi connectivity index (χ4v) is 3.58. The largest absolute Gasteiger partial charge is 0.347 e. The predicted octanol–water partition coefficient (Wildman–Crippen LogP) is 4.55. The van der Waals surface area contributed by atoms with Crippen LogP contribution in [0.15, 0.2) is 24.3 Å². The Hall–Kier alpha value is -3.10. The van der Waals surface area contributed by atoms with Crippen molar-refractivity contribution in [2.75, 3.05) is 10.6 Å². The molecule has 0 bridgehead atoms. The molecule has 0 radical (unpaired) electrons. The molecule has 0 saturated heterocycles. The summed E-state index contributed by atoms with van der Waals surface area (Å²) < 4.78 is 29.3. The van der Waals surface area contributed by atoms with Gasteiger partial charge in [-0.05, 0) is 38.7 Å². The molecule has 0 aliphatic heterocycles. The van der Waals surface area contributed by atoms with Gasteiger partial charge in [-0.2, -0.15) is 20.1 Å². The van der Waals surface area contributed by atoms with Crippen LogP contribution in [0.25, 0.3) is 0 Å². The highest BCUT2D eigenvalue weighted by atomic mass is 19.1. The molecule has 2 heterocycles. The average molecular weight is 411 g/mol. The third-order valence-corrected chi connectivity index (χ3v) is 5.52. The van der Waals surface area contributed by atoms with E-state index in [1.54, 1.807) is 6.92 Å². The Labute approximate surface area is 173 Å². The Morgan fingerprint density at radius 1 is 1.00 bits per heavy atom. The number of rotatable bonds is 7. The van der Waals surface area contributed by atoms with Crippen molar-refractivity contribution >= 4 is 17.7 Å². The second-order valence-corrected chi connectivity index (χ2v) is 8.12. The molecule has 1 atom stereocenters. The molecule has 30 heavy (non-hydrogen) atoms. The molecule has 2 saturated carbocycles. The van der Waals surface area contributed by atoms with E-state index in [-0.39, 0.29) is 0 Å². The molecule has 2 fully saturated rings. The fraction of sp³-hybridized carbons (Fsp3) is 0.429. The lowest BCUT2D eigenvalue weighted by Crippen LogP contribution is -2.14. The molecule has 3 aromatic rings. The van der Waals surface area contributed by atoms with Crippen LogP contribution in [-0.4, -0.2) is 24.7 Å². The molecule has 156 valence electrons. The van der Waals surface area contributed by atoms with Crippen molar-refractivity contribution in [2.45, 2.75) is 50.5 Å². The van der Waals surface area contributed by atoms with E-state index in [0.29, 0.717) is 40.9 Å². The molecule has 9 heteroatoms. The summed E-state index contributed by atoms with van der Waals surface area (Å²) in [5.74, 6) is 1.85. The molecule has 2 N–H and O–H groups in total. The van der Waals surface area contributed by atoms with Gasteiger partial charge in [0, 0.05) is 42.3 Å². The summed E-state index contributed by atoms with van der Waals surface area (Å²) in [6.45, 7) is 1.78. The first-order valence-corrected chi connectivity index (χ1v) is 10.2. The van der Waals surface area contributed by atoms with E-state index >= 15 is 0 Å². The van der Waals surface area contributed by atoms with Crippen LogP contribution in [-0.2, 0) is 7.05 Å². The maximum absolute atomic E-state index is 14.1. The van der Waals surface area contributed by atoms with Gasteiger partial charge in [-0.1, -0.05) is 6.07 Å². The van der Waals surface area contributed by atoms with Gasteiger partial charge in [0.25, 0.3) is 0 Å². The fourth-order valence-electron chi connectivity index (χ4n) is 3.58. The van der Waals surface area contributed by atoms with Crippen LogP contribution in [0, 0.1) is 11.6 Å². The quantitative estimate of drug-likeness (QED) is 0.594. The standard InChI is InChI=1S/C21H23F2N7/c1-11(15-8-7-14(22)9-16(15)23)24-20-26-19(13-5-6-13)27-21(28-20)25-18-10-17(12-3-4-12)30(2)29-18/h7-13H,3-6H2,1-2H3,(H2,24,25,26,27,28,29). The molecule has 0 spiro atoms. The second kappa shape index (κ2) is 7.30. The lowest BCUT2D eigenvalue weighted by Gasteiger charge is -2.16. The molecule has 2 aromatic heterocycles. The highest BCUT2D eigenvalue weighted by Crippen LogP contribution is 2.41. The summed E-state index contributed by atoms with van der Waals surface area (Å²) in [5.41, 5.74) is 1.55. The molecule has 1 aromatic carbocycles. The van der Waals surface area contributed by atoms with E-state index < -0.39 is 17.7 Å². The van der Waals surface area contributed by atoms with Gasteiger partial charge >= 0.3 is 0 Å². The molecule has 2 aliphatic carbocycles. The molecule has 0 amide bonds. The van der Waals surface area contributed by atoms with Crippen molar-refractivity contribution in [1.29, 1.82) is 0 Å². The molecule has 5 rings (SSSR count). The molecular formula is C21H23F2N7. The zero-order valence-corrected chi connectivity index (χ0v) is 16.9. The Bertz CT molecular complexity index is 1090. The van der Waals surface area contributed by atoms with Gasteiger partial charge in [0.2, 0.25) is 11.9 Å². The Morgan fingerprint density at radius 2 is 1.73 bits per heavy atom. The van der Waals surface area contributed by atoms with Crippen LogP contribution >= 0.6 is 0 Å². The van der Waals surface area contributed by atoms with Gasteiger partial charge in [-0.15, -0.1) is 0 Å². The molecular weight excluding hydrogens is 388 g/mol. The molecule has 1 unspecified atom stereocenters. The van der Waals surface area contributed by atoms with Crippen molar-refractivity contribution in [3.05, 3.63) is 53.0 Å². The minimum absolute atomic E-state index is 0.317. The van der Waals surface area contributed by atoms with Crippen molar-refractivity contribution in [2.24, 2.45) is 7.05 Å². The summed E-state index contributed by atoms with van der Waals surface area (Å²) >= 11 is 0. The summed E-state index contributed by atoms with van der Waals surface area (Å²) in [4.78, 5) is 13.5. The van der Waals surface area contributed by atoms with Crippen molar-refractivity contribution < 1.29 is 8.78 Å². The van der Waals surface area contributed by atoms with Gasteiger partial charge in [0.05, 0.1) is 6.04 Å².